The number of phenols is 2. The number of methoxy groups -OCH3 is 1. The van der Waals surface area contributed by atoms with Gasteiger partial charge in [0.15, 0.2) is 12.1 Å². The molecule has 7 N–H and O–H groups in total. The van der Waals surface area contributed by atoms with Crippen LogP contribution in [0.25, 0.3) is 0 Å². The van der Waals surface area contributed by atoms with Crippen LogP contribution in [0, 0.1) is 0 Å². The second-order valence-corrected chi connectivity index (χ2v) is 10.3. The van der Waals surface area contributed by atoms with Crippen molar-refractivity contribution in [1.29, 1.82) is 0 Å². The molecule has 39 heavy (non-hydrogen) atoms. The van der Waals surface area contributed by atoms with Crippen LogP contribution in [0.15, 0.2) is 18.2 Å². The second kappa shape index (κ2) is 9.57. The van der Waals surface area contributed by atoms with E-state index in [1.54, 1.807) is 6.92 Å². The van der Waals surface area contributed by atoms with Gasteiger partial charge in [-0.25, -0.2) is 0 Å². The number of aromatic hydroxyl groups is 2. The first kappa shape index (κ1) is 27.0. The van der Waals surface area contributed by atoms with E-state index in [0.29, 0.717) is 0 Å². The molecule has 0 aromatic heterocycles. The molecule has 12 heteroatoms. The number of carbonyl (C=O) groups excluding carboxylic acids is 2. The highest BCUT2D eigenvalue weighted by Crippen LogP contribution is 2.52. The van der Waals surface area contributed by atoms with Gasteiger partial charge in [-0.3, -0.25) is 14.4 Å². The van der Waals surface area contributed by atoms with Crippen molar-refractivity contribution >= 4 is 17.5 Å². The summed E-state index contributed by atoms with van der Waals surface area (Å²) >= 11 is 0. The van der Waals surface area contributed by atoms with Crippen molar-refractivity contribution in [2.75, 3.05) is 7.11 Å². The van der Waals surface area contributed by atoms with E-state index in [-0.39, 0.29) is 40.8 Å². The first-order valence-corrected chi connectivity index (χ1v) is 12.4. The summed E-state index contributed by atoms with van der Waals surface area (Å²) in [6.07, 6.45) is -5.44. The second-order valence-electron chi connectivity index (χ2n) is 10.3. The Labute approximate surface area is 222 Å². The molecule has 0 amide bonds. The lowest BCUT2D eigenvalue weighted by Gasteiger charge is -2.42. The molecule has 208 valence electrons. The summed E-state index contributed by atoms with van der Waals surface area (Å²) in [5.41, 5.74) is 2.86. The minimum atomic E-state index is -1.94. The van der Waals surface area contributed by atoms with Crippen LogP contribution in [-0.2, 0) is 20.7 Å². The number of ketones is 2. The average molecular weight is 544 g/mol. The van der Waals surface area contributed by atoms with Crippen molar-refractivity contribution in [2.45, 2.75) is 68.9 Å². The van der Waals surface area contributed by atoms with Gasteiger partial charge in [0.05, 0.1) is 54.1 Å². The van der Waals surface area contributed by atoms with E-state index in [2.05, 4.69) is 0 Å². The van der Waals surface area contributed by atoms with E-state index in [1.807, 2.05) is 0 Å². The van der Waals surface area contributed by atoms with E-state index in [1.165, 1.54) is 25.3 Å². The number of carbonyl (C=O) groups is 3. The number of benzene rings is 2. The Kier molecular flexibility index (Phi) is 6.64. The Morgan fingerprint density at radius 1 is 1.15 bits per heavy atom. The summed E-state index contributed by atoms with van der Waals surface area (Å²) in [6, 6.07) is 3.67. The highest BCUT2D eigenvalue weighted by Gasteiger charge is 2.48. The molecule has 3 aliphatic rings. The molecule has 2 aromatic rings. The van der Waals surface area contributed by atoms with E-state index in [4.69, 9.17) is 19.9 Å². The number of aliphatic hydroxyl groups is 2. The van der Waals surface area contributed by atoms with Gasteiger partial charge in [0.1, 0.15) is 17.2 Å². The molecule has 0 saturated carbocycles. The number of carboxylic acid groups (broad SMARTS) is 1. The van der Waals surface area contributed by atoms with Crippen LogP contribution in [-0.4, -0.2) is 80.3 Å². The van der Waals surface area contributed by atoms with E-state index < -0.39 is 89.2 Å². The first-order valence-electron chi connectivity index (χ1n) is 12.4. The van der Waals surface area contributed by atoms with Crippen LogP contribution in [0.1, 0.15) is 75.3 Å². The largest absolute Gasteiger partial charge is 0.507 e. The number of fused-ring (bicyclic) bond motifs is 3. The third-order valence-corrected chi connectivity index (χ3v) is 7.70. The first-order chi connectivity index (χ1) is 18.4. The molecule has 1 fully saturated rings. The van der Waals surface area contributed by atoms with Crippen molar-refractivity contribution in [3.05, 3.63) is 51.6 Å². The molecule has 0 radical (unpaired) electrons. The Balaban J connectivity index is 1.67. The molecule has 12 nitrogen and oxygen atoms in total. The zero-order chi connectivity index (χ0) is 28.4. The summed E-state index contributed by atoms with van der Waals surface area (Å²) < 4.78 is 17.0. The van der Waals surface area contributed by atoms with Gasteiger partial charge in [-0.1, -0.05) is 12.1 Å². The van der Waals surface area contributed by atoms with Crippen LogP contribution in [0.2, 0.25) is 0 Å². The monoisotopic (exact) mass is 543 g/mol. The van der Waals surface area contributed by atoms with Gasteiger partial charge < -0.3 is 45.5 Å². The Morgan fingerprint density at radius 3 is 2.49 bits per heavy atom. The van der Waals surface area contributed by atoms with Crippen LogP contribution in [0.5, 0.6) is 17.2 Å². The third-order valence-electron chi connectivity index (χ3n) is 7.70. The lowest BCUT2D eigenvalue weighted by Crippen LogP contribution is -2.52. The van der Waals surface area contributed by atoms with Crippen molar-refractivity contribution in [3.63, 3.8) is 0 Å². The van der Waals surface area contributed by atoms with E-state index in [0.717, 1.165) is 0 Å². The minimum absolute atomic E-state index is 0.0361. The SMILES string of the molecule is COc1cccc2c1C(=O)c1c(O)c3c(c(O)c1C2=O)C[C@](O)(CC(=O)O)CC3OC1CC(N)C(O)C(C)O1. The number of ether oxygens (including phenoxy) is 3. The Hall–Kier alpha value is -3.55. The maximum absolute atomic E-state index is 13.6. The van der Waals surface area contributed by atoms with Crippen LogP contribution >= 0.6 is 0 Å². The fourth-order valence-corrected chi connectivity index (χ4v) is 5.88. The van der Waals surface area contributed by atoms with Crippen molar-refractivity contribution in [3.8, 4) is 17.2 Å². The number of aliphatic hydroxyl groups excluding tert-OH is 1. The molecule has 2 aliphatic carbocycles. The topological polar surface area (TPSA) is 206 Å². The quantitative estimate of drug-likeness (QED) is 0.248. The van der Waals surface area contributed by atoms with Gasteiger partial charge >= 0.3 is 5.97 Å². The summed E-state index contributed by atoms with van der Waals surface area (Å²) in [5, 5.41) is 53.7. The normalized spacial score (nSPS) is 29.8. The van der Waals surface area contributed by atoms with Gasteiger partial charge in [0.2, 0.25) is 5.78 Å². The van der Waals surface area contributed by atoms with Crippen LogP contribution in [0.4, 0.5) is 0 Å². The van der Waals surface area contributed by atoms with Crippen molar-refractivity contribution in [2.24, 2.45) is 5.73 Å². The number of hydrogen-bond acceptors (Lipinski definition) is 11. The van der Waals surface area contributed by atoms with Crippen LogP contribution in [0.3, 0.4) is 0 Å². The molecule has 0 bridgehead atoms. The Morgan fingerprint density at radius 2 is 1.85 bits per heavy atom. The number of phenolic OH excluding ortho intramolecular Hbond substituents is 2. The third kappa shape index (κ3) is 4.34. The predicted octanol–water partition coefficient (Wildman–Crippen LogP) is 0.915. The number of aliphatic carboxylic acids is 1. The Bertz CT molecular complexity index is 1380. The van der Waals surface area contributed by atoms with E-state index >= 15 is 0 Å². The average Bonchev–Trinajstić information content (AvgIpc) is 2.86. The molecule has 1 saturated heterocycles. The molecular weight excluding hydrogens is 514 g/mol. The molecule has 2 aromatic carbocycles. The minimum Gasteiger partial charge on any atom is -0.507 e. The molecule has 1 heterocycles. The lowest BCUT2D eigenvalue weighted by atomic mass is 9.72. The molecule has 0 spiro atoms. The lowest BCUT2D eigenvalue weighted by molar-refractivity contribution is -0.247. The molecule has 5 unspecified atom stereocenters. The molecular formula is C27H29NO11. The summed E-state index contributed by atoms with van der Waals surface area (Å²) in [6.45, 7) is 1.59. The number of carboxylic acids is 1. The maximum Gasteiger partial charge on any atom is 0.306 e. The van der Waals surface area contributed by atoms with Crippen molar-refractivity contribution in [1.82, 2.24) is 0 Å². The van der Waals surface area contributed by atoms with Gasteiger partial charge in [-0.2, -0.15) is 0 Å². The number of rotatable bonds is 5. The summed E-state index contributed by atoms with van der Waals surface area (Å²) in [7, 11) is 1.33. The van der Waals surface area contributed by atoms with Gasteiger partial charge in [-0.05, 0) is 13.0 Å². The fourth-order valence-electron chi connectivity index (χ4n) is 5.88. The standard InChI is InChI=1S/C27H29NO11/c1-10-22(31)13(28)6-17(38-10)39-15-8-27(36,9-16(29)30)7-12-19(15)26(35)21-20(24(12)33)23(32)11-4-3-5-14(37-2)18(11)25(21)34/h3-5,10,13,15,17,22,31,33,35-36H,6-9,28H2,1-2H3,(H,29,30)/t10?,13?,15?,17?,22?,27-/m1/s1. The summed E-state index contributed by atoms with van der Waals surface area (Å²) in [5.74, 6) is -4.01. The van der Waals surface area contributed by atoms with Gasteiger partial charge in [-0.15, -0.1) is 0 Å². The van der Waals surface area contributed by atoms with Gasteiger partial charge in [0.25, 0.3) is 0 Å². The molecule has 5 rings (SSSR count). The number of hydrogen-bond donors (Lipinski definition) is 6. The highest BCUT2D eigenvalue weighted by molar-refractivity contribution is 6.31. The molecule has 1 aliphatic heterocycles. The van der Waals surface area contributed by atoms with Crippen molar-refractivity contribution < 1.29 is 54.1 Å². The van der Waals surface area contributed by atoms with Gasteiger partial charge in [0, 0.05) is 42.0 Å². The predicted molar refractivity (Wildman–Crippen MR) is 132 cm³/mol. The van der Waals surface area contributed by atoms with Crippen LogP contribution < -0.4 is 10.5 Å². The maximum atomic E-state index is 13.6. The fraction of sp³-hybridized carbons (Fsp3) is 0.444. The highest BCUT2D eigenvalue weighted by atomic mass is 16.7. The molecule has 6 atom stereocenters. The van der Waals surface area contributed by atoms with E-state index in [9.17, 15) is 39.9 Å². The summed E-state index contributed by atoms with van der Waals surface area (Å²) in [4.78, 5) is 38.7. The zero-order valence-corrected chi connectivity index (χ0v) is 21.2. The smallest absolute Gasteiger partial charge is 0.306 e. The number of nitrogens with two attached hydrogens (primary N) is 1. The zero-order valence-electron chi connectivity index (χ0n) is 21.2.